The second kappa shape index (κ2) is 6.07. The summed E-state index contributed by atoms with van der Waals surface area (Å²) in [7, 11) is -3.42. The van der Waals surface area contributed by atoms with E-state index in [1.165, 1.54) is 0 Å². The van der Waals surface area contributed by atoms with Gasteiger partial charge in [0.1, 0.15) is 0 Å². The molecule has 0 aromatic heterocycles. The number of rotatable bonds is 7. The van der Waals surface area contributed by atoms with E-state index in [9.17, 15) is 8.42 Å². The summed E-state index contributed by atoms with van der Waals surface area (Å²) in [4.78, 5) is 0.398. The summed E-state index contributed by atoms with van der Waals surface area (Å²) in [5, 5.41) is 3.33. The van der Waals surface area contributed by atoms with E-state index in [4.69, 9.17) is 0 Å². The topological polar surface area (TPSA) is 58.2 Å². The SMILES string of the molecule is Cc1c(CNC(C)C)cccc1S(=O)(=O)NCC1(C)CC1. The van der Waals surface area contributed by atoms with E-state index in [1.807, 2.05) is 19.1 Å². The van der Waals surface area contributed by atoms with E-state index in [0.29, 0.717) is 24.0 Å². The fourth-order valence-electron chi connectivity index (χ4n) is 2.19. The molecular weight excluding hydrogens is 284 g/mol. The molecule has 4 nitrogen and oxygen atoms in total. The average molecular weight is 310 g/mol. The molecule has 118 valence electrons. The van der Waals surface area contributed by atoms with Crippen LogP contribution >= 0.6 is 0 Å². The highest BCUT2D eigenvalue weighted by Crippen LogP contribution is 2.44. The minimum Gasteiger partial charge on any atom is -0.310 e. The Morgan fingerprint density at radius 1 is 1.29 bits per heavy atom. The fourth-order valence-corrected chi connectivity index (χ4v) is 3.68. The van der Waals surface area contributed by atoms with Crippen molar-refractivity contribution >= 4 is 10.0 Å². The highest BCUT2D eigenvalue weighted by molar-refractivity contribution is 7.89. The molecule has 0 aliphatic heterocycles. The lowest BCUT2D eigenvalue weighted by molar-refractivity contribution is 0.530. The van der Waals surface area contributed by atoms with E-state index < -0.39 is 10.0 Å². The lowest BCUT2D eigenvalue weighted by atomic mass is 10.1. The first kappa shape index (κ1) is 16.5. The molecule has 1 aliphatic carbocycles. The summed E-state index contributed by atoms with van der Waals surface area (Å²) >= 11 is 0. The van der Waals surface area contributed by atoms with Gasteiger partial charge in [-0.2, -0.15) is 0 Å². The molecule has 0 saturated heterocycles. The summed E-state index contributed by atoms with van der Waals surface area (Å²) in [5.74, 6) is 0. The van der Waals surface area contributed by atoms with E-state index >= 15 is 0 Å². The van der Waals surface area contributed by atoms with Crippen molar-refractivity contribution in [3.05, 3.63) is 29.3 Å². The standard InChI is InChI=1S/C16H26N2O2S/c1-12(2)17-10-14-6-5-7-15(13(14)3)21(19,20)18-11-16(4)8-9-16/h5-7,12,17-18H,8-11H2,1-4H3. The maximum atomic E-state index is 12.5. The molecule has 0 radical (unpaired) electrons. The van der Waals surface area contributed by atoms with Gasteiger partial charge in [-0.25, -0.2) is 13.1 Å². The van der Waals surface area contributed by atoms with Gasteiger partial charge in [0.15, 0.2) is 0 Å². The summed E-state index contributed by atoms with van der Waals surface area (Å²) < 4.78 is 27.7. The third-order valence-electron chi connectivity index (χ3n) is 4.18. The summed E-state index contributed by atoms with van der Waals surface area (Å²) in [6.07, 6.45) is 2.21. The number of hydrogen-bond acceptors (Lipinski definition) is 3. The van der Waals surface area contributed by atoms with Gasteiger partial charge in [0.2, 0.25) is 10.0 Å². The molecule has 0 spiro atoms. The molecule has 0 heterocycles. The zero-order chi connectivity index (χ0) is 15.7. The quantitative estimate of drug-likeness (QED) is 0.814. The fraction of sp³-hybridized carbons (Fsp3) is 0.625. The van der Waals surface area contributed by atoms with Crippen molar-refractivity contribution in [3.63, 3.8) is 0 Å². The van der Waals surface area contributed by atoms with Crippen LogP contribution in [0, 0.1) is 12.3 Å². The first-order chi connectivity index (χ1) is 9.73. The van der Waals surface area contributed by atoms with Gasteiger partial charge < -0.3 is 5.32 Å². The maximum Gasteiger partial charge on any atom is 0.240 e. The van der Waals surface area contributed by atoms with E-state index in [0.717, 1.165) is 24.0 Å². The smallest absolute Gasteiger partial charge is 0.240 e. The lowest BCUT2D eigenvalue weighted by Gasteiger charge is -2.16. The highest BCUT2D eigenvalue weighted by Gasteiger charge is 2.38. The van der Waals surface area contributed by atoms with Gasteiger partial charge in [-0.1, -0.05) is 32.9 Å². The Kier molecular flexibility index (Phi) is 4.76. The van der Waals surface area contributed by atoms with Crippen LogP contribution in [0.4, 0.5) is 0 Å². The molecule has 1 fully saturated rings. The minimum atomic E-state index is -3.42. The van der Waals surface area contributed by atoms with Crippen LogP contribution in [0.3, 0.4) is 0 Å². The second-order valence-corrected chi connectivity index (χ2v) is 8.45. The number of benzene rings is 1. The second-order valence-electron chi connectivity index (χ2n) is 6.71. The monoisotopic (exact) mass is 310 g/mol. The van der Waals surface area contributed by atoms with Crippen molar-refractivity contribution in [2.75, 3.05) is 6.54 Å². The highest BCUT2D eigenvalue weighted by atomic mass is 32.2. The Labute approximate surface area is 128 Å². The van der Waals surface area contributed by atoms with Crippen molar-refractivity contribution in [2.24, 2.45) is 5.41 Å². The molecule has 21 heavy (non-hydrogen) atoms. The van der Waals surface area contributed by atoms with Crippen LogP contribution in [-0.2, 0) is 16.6 Å². The van der Waals surface area contributed by atoms with E-state index in [-0.39, 0.29) is 5.41 Å². The number of nitrogens with one attached hydrogen (secondary N) is 2. The molecule has 2 rings (SSSR count). The lowest BCUT2D eigenvalue weighted by Crippen LogP contribution is -2.30. The van der Waals surface area contributed by atoms with E-state index in [1.54, 1.807) is 6.07 Å². The first-order valence-electron chi connectivity index (χ1n) is 7.55. The molecule has 1 saturated carbocycles. The van der Waals surface area contributed by atoms with Gasteiger partial charge in [0.25, 0.3) is 0 Å². The van der Waals surface area contributed by atoms with Crippen molar-refractivity contribution in [1.82, 2.24) is 10.0 Å². The van der Waals surface area contributed by atoms with Gasteiger partial charge in [0, 0.05) is 19.1 Å². The largest absolute Gasteiger partial charge is 0.310 e. The zero-order valence-electron chi connectivity index (χ0n) is 13.4. The molecule has 1 aliphatic rings. The Morgan fingerprint density at radius 2 is 1.95 bits per heavy atom. The Bertz CT molecular complexity index is 605. The van der Waals surface area contributed by atoms with Gasteiger partial charge in [-0.3, -0.25) is 0 Å². The zero-order valence-corrected chi connectivity index (χ0v) is 14.2. The van der Waals surface area contributed by atoms with E-state index in [2.05, 4.69) is 30.8 Å². The normalized spacial score (nSPS) is 17.2. The molecule has 1 aromatic carbocycles. The van der Waals surface area contributed by atoms with Crippen molar-refractivity contribution in [3.8, 4) is 0 Å². The Balaban J connectivity index is 2.16. The van der Waals surface area contributed by atoms with Crippen molar-refractivity contribution in [2.45, 2.75) is 58.0 Å². The molecule has 0 bridgehead atoms. The van der Waals surface area contributed by atoms with Crippen LogP contribution in [0.5, 0.6) is 0 Å². The molecule has 5 heteroatoms. The summed E-state index contributed by atoms with van der Waals surface area (Å²) in [5.41, 5.74) is 2.03. The van der Waals surface area contributed by atoms with Crippen molar-refractivity contribution < 1.29 is 8.42 Å². The van der Waals surface area contributed by atoms with Crippen LogP contribution in [0.15, 0.2) is 23.1 Å². The summed E-state index contributed by atoms with van der Waals surface area (Å²) in [6, 6.07) is 5.85. The first-order valence-corrected chi connectivity index (χ1v) is 9.03. The Morgan fingerprint density at radius 3 is 2.52 bits per heavy atom. The molecule has 0 unspecified atom stereocenters. The number of sulfonamides is 1. The van der Waals surface area contributed by atoms with Crippen LogP contribution in [-0.4, -0.2) is 21.0 Å². The van der Waals surface area contributed by atoms with Crippen LogP contribution in [0.2, 0.25) is 0 Å². The minimum absolute atomic E-state index is 0.164. The maximum absolute atomic E-state index is 12.5. The third kappa shape index (κ3) is 4.28. The third-order valence-corrected chi connectivity index (χ3v) is 5.72. The molecule has 1 aromatic rings. The predicted molar refractivity (Wildman–Crippen MR) is 85.7 cm³/mol. The molecule has 0 atom stereocenters. The van der Waals surface area contributed by atoms with Gasteiger partial charge in [0.05, 0.1) is 4.90 Å². The molecule has 0 amide bonds. The average Bonchev–Trinajstić information content (AvgIpc) is 3.14. The number of hydrogen-bond donors (Lipinski definition) is 2. The van der Waals surface area contributed by atoms with Gasteiger partial charge >= 0.3 is 0 Å². The molecule has 2 N–H and O–H groups in total. The van der Waals surface area contributed by atoms with Gasteiger partial charge in [-0.15, -0.1) is 0 Å². The predicted octanol–water partition coefficient (Wildman–Crippen LogP) is 2.57. The Hall–Kier alpha value is -0.910. The summed E-state index contributed by atoms with van der Waals surface area (Å²) in [6.45, 7) is 9.37. The molecular formula is C16H26N2O2S. The van der Waals surface area contributed by atoms with Crippen LogP contribution in [0.1, 0.15) is 44.7 Å². The van der Waals surface area contributed by atoms with Crippen molar-refractivity contribution in [1.29, 1.82) is 0 Å². The van der Waals surface area contributed by atoms with Crippen LogP contribution < -0.4 is 10.0 Å². The van der Waals surface area contributed by atoms with Crippen LogP contribution in [0.25, 0.3) is 0 Å². The van der Waals surface area contributed by atoms with Gasteiger partial charge in [-0.05, 0) is 42.4 Å².